The van der Waals surface area contributed by atoms with E-state index in [-0.39, 0.29) is 11.7 Å². The minimum absolute atomic E-state index is 0.124. The minimum atomic E-state index is -0.243. The molecule has 0 bridgehead atoms. The number of nitrogens with zero attached hydrogens (tertiary/aromatic N) is 3. The summed E-state index contributed by atoms with van der Waals surface area (Å²) in [7, 11) is 1.60. The van der Waals surface area contributed by atoms with Gasteiger partial charge in [0.15, 0.2) is 5.16 Å². The predicted molar refractivity (Wildman–Crippen MR) is 123 cm³/mol. The van der Waals surface area contributed by atoms with Gasteiger partial charge in [0.2, 0.25) is 0 Å². The fraction of sp³-hybridized carbons (Fsp3) is 0.208. The normalized spacial score (nSPS) is 11.1. The van der Waals surface area contributed by atoms with Crippen molar-refractivity contribution in [3.8, 4) is 0 Å². The van der Waals surface area contributed by atoms with Crippen molar-refractivity contribution in [2.75, 3.05) is 20.3 Å². The van der Waals surface area contributed by atoms with E-state index in [9.17, 15) is 9.18 Å². The number of hydrogen-bond acceptors (Lipinski definition) is 5. The van der Waals surface area contributed by atoms with Crippen molar-refractivity contribution in [2.45, 2.75) is 17.5 Å². The summed E-state index contributed by atoms with van der Waals surface area (Å²) >= 11 is 1.60. The van der Waals surface area contributed by atoms with E-state index in [1.165, 1.54) is 12.1 Å². The van der Waals surface area contributed by atoms with Crippen molar-refractivity contribution in [2.24, 2.45) is 0 Å². The van der Waals surface area contributed by atoms with E-state index in [2.05, 4.69) is 14.9 Å². The number of carbonyl (C=O) groups excluding carboxylic acids is 1. The number of ether oxygens (including phenoxy) is 1. The van der Waals surface area contributed by atoms with Gasteiger partial charge in [0, 0.05) is 31.2 Å². The number of imidazole rings is 1. The Hall–Kier alpha value is -3.23. The van der Waals surface area contributed by atoms with Crippen LogP contribution in [0.3, 0.4) is 0 Å². The molecule has 0 aliphatic rings. The number of halogens is 1. The molecule has 8 heteroatoms. The first-order valence-electron chi connectivity index (χ1n) is 10.2. The summed E-state index contributed by atoms with van der Waals surface area (Å²) < 4.78 is 20.3. The molecule has 0 aliphatic heterocycles. The third-order valence-corrected chi connectivity index (χ3v) is 5.99. The van der Waals surface area contributed by atoms with Crippen LogP contribution in [0.5, 0.6) is 0 Å². The quantitative estimate of drug-likeness (QED) is 0.304. The van der Waals surface area contributed by atoms with Gasteiger partial charge in [0.25, 0.3) is 5.91 Å². The molecule has 2 aromatic heterocycles. The number of nitrogens with one attached hydrogen (secondary N) is 1. The van der Waals surface area contributed by atoms with E-state index in [1.54, 1.807) is 37.2 Å². The second-order valence-electron chi connectivity index (χ2n) is 7.21. The van der Waals surface area contributed by atoms with Gasteiger partial charge < -0.3 is 14.6 Å². The van der Waals surface area contributed by atoms with Crippen LogP contribution in [0.2, 0.25) is 0 Å². The highest BCUT2D eigenvalue weighted by Crippen LogP contribution is 2.27. The molecule has 0 aliphatic carbocycles. The zero-order chi connectivity index (χ0) is 22.3. The molecular formula is C24H23FN4O2S. The minimum Gasteiger partial charge on any atom is -0.383 e. The largest absolute Gasteiger partial charge is 0.383 e. The molecule has 0 unspecified atom stereocenters. The molecule has 4 aromatic rings. The topological polar surface area (TPSA) is 69.0 Å². The van der Waals surface area contributed by atoms with E-state index < -0.39 is 0 Å². The number of carbonyl (C=O) groups is 1. The zero-order valence-electron chi connectivity index (χ0n) is 17.6. The maximum Gasteiger partial charge on any atom is 0.251 e. The maximum absolute atomic E-state index is 13.2. The van der Waals surface area contributed by atoms with Crippen molar-refractivity contribution in [3.05, 3.63) is 89.5 Å². The third-order valence-electron chi connectivity index (χ3n) is 4.95. The average molecular weight is 451 g/mol. The summed E-state index contributed by atoms with van der Waals surface area (Å²) in [5.41, 5.74) is 4.49. The number of methoxy groups -OCH3 is 1. The van der Waals surface area contributed by atoms with Gasteiger partial charge >= 0.3 is 0 Å². The Morgan fingerprint density at radius 2 is 1.84 bits per heavy atom. The van der Waals surface area contributed by atoms with Crippen molar-refractivity contribution in [3.63, 3.8) is 0 Å². The van der Waals surface area contributed by atoms with Gasteiger partial charge in [-0.25, -0.2) is 9.37 Å². The number of aromatic nitrogens is 3. The highest BCUT2D eigenvalue weighted by atomic mass is 32.2. The van der Waals surface area contributed by atoms with Crippen LogP contribution in [0.1, 0.15) is 21.5 Å². The average Bonchev–Trinajstić information content (AvgIpc) is 3.16. The lowest BCUT2D eigenvalue weighted by atomic mass is 10.1. The molecule has 6 nitrogen and oxygen atoms in total. The number of amides is 1. The van der Waals surface area contributed by atoms with E-state index in [4.69, 9.17) is 9.72 Å². The van der Waals surface area contributed by atoms with Gasteiger partial charge in [0.1, 0.15) is 5.82 Å². The molecule has 164 valence electrons. The van der Waals surface area contributed by atoms with Crippen molar-refractivity contribution >= 4 is 28.7 Å². The molecule has 0 saturated heterocycles. The van der Waals surface area contributed by atoms with Crippen molar-refractivity contribution in [1.29, 1.82) is 0 Å². The molecule has 4 rings (SSSR count). The lowest BCUT2D eigenvalue weighted by Gasteiger charge is -2.10. The van der Waals surface area contributed by atoms with Crippen LogP contribution < -0.4 is 5.32 Å². The van der Waals surface area contributed by atoms with Gasteiger partial charge in [-0.1, -0.05) is 36.0 Å². The molecule has 2 aromatic carbocycles. The molecule has 1 amide bonds. The maximum atomic E-state index is 13.2. The van der Waals surface area contributed by atoms with Gasteiger partial charge in [-0.05, 0) is 41.5 Å². The van der Waals surface area contributed by atoms with Crippen molar-refractivity contribution in [1.82, 2.24) is 19.9 Å². The van der Waals surface area contributed by atoms with E-state index in [0.29, 0.717) is 31.0 Å². The molecule has 0 radical (unpaired) electrons. The Bertz CT molecular complexity index is 1190. The van der Waals surface area contributed by atoms with E-state index >= 15 is 0 Å². The fourth-order valence-corrected chi connectivity index (χ4v) is 4.22. The SMILES string of the molecule is COCCNC(=O)c1ccc(Cn2c(SCc3ccc(F)cc3)nc3ccncc32)cc1. The van der Waals surface area contributed by atoms with Crippen LogP contribution in [0.15, 0.2) is 72.1 Å². The Balaban J connectivity index is 1.52. The van der Waals surface area contributed by atoms with Gasteiger partial charge in [0.05, 0.1) is 30.4 Å². The fourth-order valence-electron chi connectivity index (χ4n) is 3.25. The summed E-state index contributed by atoms with van der Waals surface area (Å²) in [5, 5.41) is 3.68. The van der Waals surface area contributed by atoms with Crippen LogP contribution in [0.4, 0.5) is 4.39 Å². The van der Waals surface area contributed by atoms with E-state index in [0.717, 1.165) is 27.3 Å². The molecule has 0 atom stereocenters. The molecule has 0 saturated carbocycles. The molecular weight excluding hydrogens is 427 g/mol. The summed E-state index contributed by atoms with van der Waals surface area (Å²) in [6, 6.07) is 15.9. The summed E-state index contributed by atoms with van der Waals surface area (Å²) in [6.45, 7) is 1.54. The monoisotopic (exact) mass is 450 g/mol. The first-order valence-corrected chi connectivity index (χ1v) is 11.2. The van der Waals surface area contributed by atoms with Gasteiger partial charge in [-0.2, -0.15) is 0 Å². The molecule has 32 heavy (non-hydrogen) atoms. The standard InChI is InChI=1S/C24H23FN4O2S/c1-31-13-12-27-23(30)19-6-2-17(3-7-19)15-29-22-14-26-11-10-21(22)28-24(29)32-16-18-4-8-20(25)9-5-18/h2-11,14H,12-13,15-16H2,1H3,(H,27,30). The second kappa shape index (κ2) is 10.4. The lowest BCUT2D eigenvalue weighted by Crippen LogP contribution is -2.26. The van der Waals surface area contributed by atoms with Crippen molar-refractivity contribution < 1.29 is 13.9 Å². The molecule has 0 spiro atoms. The number of fused-ring (bicyclic) bond motifs is 1. The second-order valence-corrected chi connectivity index (χ2v) is 8.15. The highest BCUT2D eigenvalue weighted by molar-refractivity contribution is 7.98. The predicted octanol–water partition coefficient (Wildman–Crippen LogP) is 4.29. The number of benzene rings is 2. The lowest BCUT2D eigenvalue weighted by molar-refractivity contribution is 0.0937. The number of pyridine rings is 1. The summed E-state index contributed by atoms with van der Waals surface area (Å²) in [5.74, 6) is 0.312. The Labute approximate surface area is 189 Å². The van der Waals surface area contributed by atoms with Crippen LogP contribution in [-0.2, 0) is 17.0 Å². The number of thioether (sulfide) groups is 1. The Morgan fingerprint density at radius 1 is 1.09 bits per heavy atom. The van der Waals surface area contributed by atoms with Crippen LogP contribution in [-0.4, -0.2) is 40.7 Å². The van der Waals surface area contributed by atoms with Gasteiger partial charge in [-0.3, -0.25) is 9.78 Å². The first-order chi connectivity index (χ1) is 15.6. The van der Waals surface area contributed by atoms with Crippen LogP contribution in [0.25, 0.3) is 11.0 Å². The molecule has 0 fully saturated rings. The van der Waals surface area contributed by atoms with Crippen LogP contribution in [0, 0.1) is 5.82 Å². The third kappa shape index (κ3) is 5.33. The van der Waals surface area contributed by atoms with Gasteiger partial charge in [-0.15, -0.1) is 0 Å². The molecule has 1 N–H and O–H groups in total. The highest BCUT2D eigenvalue weighted by Gasteiger charge is 2.13. The zero-order valence-corrected chi connectivity index (χ0v) is 18.4. The number of hydrogen-bond donors (Lipinski definition) is 1. The number of rotatable bonds is 9. The summed E-state index contributed by atoms with van der Waals surface area (Å²) in [6.07, 6.45) is 3.53. The Morgan fingerprint density at radius 3 is 2.59 bits per heavy atom. The summed E-state index contributed by atoms with van der Waals surface area (Å²) in [4.78, 5) is 21.2. The smallest absolute Gasteiger partial charge is 0.251 e. The molecule has 2 heterocycles. The Kier molecular flexibility index (Phi) is 7.14. The first kappa shape index (κ1) is 22.0. The van der Waals surface area contributed by atoms with Crippen LogP contribution >= 0.6 is 11.8 Å². The van der Waals surface area contributed by atoms with E-state index in [1.807, 2.05) is 36.5 Å².